The molecule has 6 aromatic carbocycles. The lowest BCUT2D eigenvalue weighted by molar-refractivity contribution is 0.253. The molecule has 194 valence electrons. The average molecular weight is 518 g/mol. The molecule has 0 amide bonds. The third-order valence-electron chi connectivity index (χ3n) is 9.53. The van der Waals surface area contributed by atoms with Gasteiger partial charge in [0.25, 0.3) is 0 Å². The van der Waals surface area contributed by atoms with E-state index in [1.54, 1.807) is 0 Å². The highest BCUT2D eigenvalue weighted by Crippen LogP contribution is 2.52. The SMILES string of the molecule is CC1(C)N(c2cccc(-c3ccccc3)c2)c2nc3cc4c5ccccc5c5ccccc5c4cc3n2C1(C)C. The summed E-state index contributed by atoms with van der Waals surface area (Å²) in [6.45, 7) is 9.38. The fourth-order valence-electron chi connectivity index (χ4n) is 6.85. The van der Waals surface area contributed by atoms with Gasteiger partial charge in [0.05, 0.1) is 22.1 Å². The van der Waals surface area contributed by atoms with Gasteiger partial charge in [-0.1, -0.05) is 91.0 Å². The van der Waals surface area contributed by atoms with Crippen LogP contribution in [0, 0.1) is 0 Å². The van der Waals surface area contributed by atoms with Crippen LogP contribution in [0.4, 0.5) is 11.6 Å². The summed E-state index contributed by atoms with van der Waals surface area (Å²) in [4.78, 5) is 7.82. The van der Waals surface area contributed by atoms with Crippen molar-refractivity contribution in [2.75, 3.05) is 4.90 Å². The van der Waals surface area contributed by atoms with Crippen LogP contribution in [0.5, 0.6) is 0 Å². The molecule has 0 radical (unpaired) electrons. The molecular formula is C37H31N3. The molecule has 8 rings (SSSR count). The van der Waals surface area contributed by atoms with E-state index in [1.165, 1.54) is 49.0 Å². The van der Waals surface area contributed by atoms with Crippen LogP contribution in [0.1, 0.15) is 27.7 Å². The van der Waals surface area contributed by atoms with E-state index < -0.39 is 0 Å². The van der Waals surface area contributed by atoms with E-state index in [1.807, 2.05) is 0 Å². The van der Waals surface area contributed by atoms with Gasteiger partial charge < -0.3 is 9.47 Å². The van der Waals surface area contributed by atoms with Gasteiger partial charge in [-0.2, -0.15) is 0 Å². The van der Waals surface area contributed by atoms with Crippen LogP contribution in [0.15, 0.2) is 115 Å². The van der Waals surface area contributed by atoms with Gasteiger partial charge in [0.1, 0.15) is 0 Å². The topological polar surface area (TPSA) is 21.1 Å². The standard InChI is InChI=1S/C37H31N3/c1-36(2)37(3,4)40-34-23-32-30-20-11-9-18-28(30)27-17-8-10-19-29(27)31(32)22-33(34)38-35(40)39(36)26-16-12-15-25(21-26)24-13-6-5-7-14-24/h5-23H,1-4H3. The minimum atomic E-state index is -0.209. The van der Waals surface area contributed by atoms with Gasteiger partial charge >= 0.3 is 0 Å². The highest BCUT2D eigenvalue weighted by atomic mass is 15.4. The number of hydrogen-bond donors (Lipinski definition) is 0. The van der Waals surface area contributed by atoms with Gasteiger partial charge in [-0.3, -0.25) is 0 Å². The Morgan fingerprint density at radius 2 is 1.05 bits per heavy atom. The van der Waals surface area contributed by atoms with Crippen molar-refractivity contribution in [2.24, 2.45) is 0 Å². The van der Waals surface area contributed by atoms with E-state index in [0.29, 0.717) is 0 Å². The fourth-order valence-corrected chi connectivity index (χ4v) is 6.85. The number of anilines is 2. The summed E-state index contributed by atoms with van der Waals surface area (Å²) in [5.74, 6) is 0.999. The number of aromatic nitrogens is 2. The van der Waals surface area contributed by atoms with Crippen molar-refractivity contribution in [3.63, 3.8) is 0 Å². The average Bonchev–Trinajstić information content (AvgIpc) is 3.41. The number of benzene rings is 6. The maximum Gasteiger partial charge on any atom is 0.212 e. The number of rotatable bonds is 2. The molecule has 0 N–H and O–H groups in total. The lowest BCUT2D eigenvalue weighted by Gasteiger charge is -2.41. The van der Waals surface area contributed by atoms with E-state index in [9.17, 15) is 0 Å². The molecule has 7 aromatic rings. The van der Waals surface area contributed by atoms with Crippen molar-refractivity contribution in [1.82, 2.24) is 9.55 Å². The molecule has 0 atom stereocenters. The van der Waals surface area contributed by atoms with Crippen LogP contribution in [0.2, 0.25) is 0 Å². The van der Waals surface area contributed by atoms with E-state index in [0.717, 1.165) is 17.2 Å². The molecule has 3 heteroatoms. The Kier molecular flexibility index (Phi) is 4.63. The molecule has 0 spiro atoms. The highest BCUT2D eigenvalue weighted by molar-refractivity contribution is 6.27. The number of hydrogen-bond acceptors (Lipinski definition) is 2. The maximum atomic E-state index is 5.37. The minimum absolute atomic E-state index is 0.208. The number of fused-ring (bicyclic) bond motifs is 9. The first kappa shape index (κ1) is 23.3. The Morgan fingerprint density at radius 1 is 0.500 bits per heavy atom. The summed E-state index contributed by atoms with van der Waals surface area (Å²) in [6, 6.07) is 41.7. The fraction of sp³-hybridized carbons (Fsp3) is 0.162. The van der Waals surface area contributed by atoms with E-state index in [4.69, 9.17) is 4.98 Å². The first-order valence-corrected chi connectivity index (χ1v) is 14.1. The van der Waals surface area contributed by atoms with Crippen LogP contribution in [-0.4, -0.2) is 15.1 Å². The van der Waals surface area contributed by atoms with Crippen LogP contribution in [0.25, 0.3) is 54.5 Å². The van der Waals surface area contributed by atoms with Crippen LogP contribution in [-0.2, 0) is 5.54 Å². The Labute approximate surface area is 234 Å². The van der Waals surface area contributed by atoms with Gasteiger partial charge in [-0.15, -0.1) is 0 Å². The molecule has 0 saturated heterocycles. The summed E-state index contributed by atoms with van der Waals surface area (Å²) < 4.78 is 2.47. The first-order chi connectivity index (χ1) is 19.4. The molecule has 0 aliphatic carbocycles. The summed E-state index contributed by atoms with van der Waals surface area (Å²) >= 11 is 0. The second kappa shape index (κ2) is 7.95. The lowest BCUT2D eigenvalue weighted by atomic mass is 9.82. The summed E-state index contributed by atoms with van der Waals surface area (Å²) in [6.07, 6.45) is 0. The minimum Gasteiger partial charge on any atom is -0.304 e. The molecule has 3 nitrogen and oxygen atoms in total. The van der Waals surface area contributed by atoms with Crippen molar-refractivity contribution in [3.05, 3.63) is 115 Å². The number of imidazole rings is 1. The zero-order chi connectivity index (χ0) is 27.2. The van der Waals surface area contributed by atoms with E-state index in [2.05, 4.69) is 152 Å². The lowest BCUT2D eigenvalue weighted by Crippen LogP contribution is -2.50. The number of nitrogens with zero attached hydrogens (tertiary/aromatic N) is 3. The zero-order valence-corrected chi connectivity index (χ0v) is 23.3. The van der Waals surface area contributed by atoms with Gasteiger partial charge in [-0.05, 0) is 95.4 Å². The molecular weight excluding hydrogens is 486 g/mol. The van der Waals surface area contributed by atoms with Crippen molar-refractivity contribution in [3.8, 4) is 11.1 Å². The first-order valence-electron chi connectivity index (χ1n) is 14.1. The summed E-state index contributed by atoms with van der Waals surface area (Å²) in [5.41, 5.74) is 5.40. The molecule has 0 unspecified atom stereocenters. The Bertz CT molecular complexity index is 2120. The van der Waals surface area contributed by atoms with Crippen molar-refractivity contribution in [2.45, 2.75) is 38.8 Å². The van der Waals surface area contributed by atoms with Crippen molar-refractivity contribution < 1.29 is 0 Å². The van der Waals surface area contributed by atoms with E-state index in [-0.39, 0.29) is 11.1 Å². The Balaban J connectivity index is 1.43. The quantitative estimate of drug-likeness (QED) is 0.213. The van der Waals surface area contributed by atoms with Gasteiger partial charge in [0.15, 0.2) is 0 Å². The normalized spacial score (nSPS) is 15.8. The Morgan fingerprint density at radius 3 is 1.70 bits per heavy atom. The molecule has 1 aliphatic heterocycles. The largest absolute Gasteiger partial charge is 0.304 e. The molecule has 2 heterocycles. The molecule has 1 aliphatic rings. The van der Waals surface area contributed by atoms with Crippen LogP contribution in [0.3, 0.4) is 0 Å². The second-order valence-electron chi connectivity index (χ2n) is 12.1. The molecule has 0 fully saturated rings. The van der Waals surface area contributed by atoms with Crippen molar-refractivity contribution in [1.29, 1.82) is 0 Å². The van der Waals surface area contributed by atoms with Crippen LogP contribution < -0.4 is 4.90 Å². The molecule has 1 aromatic heterocycles. The third kappa shape index (κ3) is 2.98. The molecule has 40 heavy (non-hydrogen) atoms. The predicted octanol–water partition coefficient (Wildman–Crippen LogP) is 9.83. The van der Waals surface area contributed by atoms with Crippen LogP contribution >= 0.6 is 0 Å². The van der Waals surface area contributed by atoms with Gasteiger partial charge in [0, 0.05) is 5.69 Å². The van der Waals surface area contributed by atoms with Gasteiger partial charge in [0.2, 0.25) is 5.95 Å². The molecule has 0 bridgehead atoms. The smallest absolute Gasteiger partial charge is 0.212 e. The van der Waals surface area contributed by atoms with E-state index >= 15 is 0 Å². The highest BCUT2D eigenvalue weighted by Gasteiger charge is 2.53. The molecule has 0 saturated carbocycles. The van der Waals surface area contributed by atoms with Crippen molar-refractivity contribution >= 4 is 55.0 Å². The third-order valence-corrected chi connectivity index (χ3v) is 9.53. The predicted molar refractivity (Wildman–Crippen MR) is 170 cm³/mol. The Hall–Kier alpha value is -4.63. The monoisotopic (exact) mass is 517 g/mol. The zero-order valence-electron chi connectivity index (χ0n) is 23.3. The second-order valence-corrected chi connectivity index (χ2v) is 12.1. The van der Waals surface area contributed by atoms with Gasteiger partial charge in [-0.25, -0.2) is 4.98 Å². The maximum absolute atomic E-state index is 5.37. The summed E-state index contributed by atoms with van der Waals surface area (Å²) in [7, 11) is 0. The summed E-state index contributed by atoms with van der Waals surface area (Å²) in [5, 5.41) is 7.69.